The Labute approximate surface area is 252 Å². The first-order valence-electron chi connectivity index (χ1n) is 14.1. The maximum atomic E-state index is 14.7. The minimum atomic E-state index is -1.32. The van der Waals surface area contributed by atoms with Crippen LogP contribution in [-0.2, 0) is 25.5 Å². The van der Waals surface area contributed by atoms with Gasteiger partial charge in [0.15, 0.2) is 11.6 Å². The maximum absolute atomic E-state index is 14.7. The van der Waals surface area contributed by atoms with Crippen molar-refractivity contribution in [3.8, 4) is 5.75 Å². The number of rotatable bonds is 8. The van der Waals surface area contributed by atoms with E-state index in [2.05, 4.69) is 15.9 Å². The Morgan fingerprint density at radius 2 is 1.79 bits per heavy atom. The van der Waals surface area contributed by atoms with Crippen LogP contribution in [0.5, 0.6) is 5.75 Å². The number of hydrogen-bond donors (Lipinski definition) is 1. The Kier molecular flexibility index (Phi) is 8.28. The summed E-state index contributed by atoms with van der Waals surface area (Å²) in [5, 5.41) is 9.03. The normalized spacial score (nSPS) is 21.6. The first kappa shape index (κ1) is 28.4. The van der Waals surface area contributed by atoms with Crippen molar-refractivity contribution in [3.05, 3.63) is 94.0 Å². The smallest absolute Gasteiger partial charge is 0.260 e. The lowest BCUT2D eigenvalue weighted by atomic mass is 9.78. The third-order valence-corrected chi connectivity index (χ3v) is 8.56. The summed E-state index contributed by atoms with van der Waals surface area (Å²) in [7, 11) is 0. The molecule has 2 amide bonds. The van der Waals surface area contributed by atoms with Crippen LogP contribution in [0.1, 0.15) is 29.2 Å². The van der Waals surface area contributed by atoms with Gasteiger partial charge in [-0.1, -0.05) is 52.3 Å². The van der Waals surface area contributed by atoms with Crippen LogP contribution >= 0.6 is 15.9 Å². The maximum Gasteiger partial charge on any atom is 0.260 e. The first-order chi connectivity index (χ1) is 20.5. The van der Waals surface area contributed by atoms with E-state index < -0.39 is 11.6 Å². The van der Waals surface area contributed by atoms with Gasteiger partial charge in [-0.2, -0.15) is 0 Å². The number of aliphatic hydroxyl groups is 1. The fraction of sp³-hybridized carbons (Fsp3) is 0.344. The second-order valence-electron chi connectivity index (χ2n) is 10.5. The summed E-state index contributed by atoms with van der Waals surface area (Å²) in [6.07, 6.45) is 0.134. The Morgan fingerprint density at radius 3 is 2.55 bits per heavy atom. The topological polar surface area (TPSA) is 101 Å². The number of aliphatic imine (C=N–C) groups is 1. The average Bonchev–Trinajstić information content (AvgIpc) is 3.40. The third kappa shape index (κ3) is 5.42. The SMILES string of the molecule is O=C(CN1C(=O)[C@]2(Cc3ccccc31)N=C(c1ccc(OCCCO)cc1)O[C@@H]2c1ccccc1Br)N1CCOCC1. The van der Waals surface area contributed by atoms with Crippen molar-refractivity contribution in [1.29, 1.82) is 0 Å². The number of para-hydroxylation sites is 1. The van der Waals surface area contributed by atoms with Gasteiger partial charge in [0.1, 0.15) is 12.3 Å². The molecule has 3 aromatic rings. The number of fused-ring (bicyclic) bond motifs is 1. The number of benzene rings is 3. The van der Waals surface area contributed by atoms with E-state index in [0.29, 0.717) is 68.6 Å². The van der Waals surface area contributed by atoms with Crippen molar-refractivity contribution in [2.24, 2.45) is 4.99 Å². The Bertz CT molecular complexity index is 1490. The number of hydrogen-bond acceptors (Lipinski definition) is 7. The number of carbonyl (C=O) groups excluding carboxylic acids is 2. The highest BCUT2D eigenvalue weighted by atomic mass is 79.9. The Morgan fingerprint density at radius 1 is 1.05 bits per heavy atom. The lowest BCUT2D eigenvalue weighted by molar-refractivity contribution is -0.136. The number of amides is 2. The number of ether oxygens (including phenoxy) is 3. The van der Waals surface area contributed by atoms with E-state index in [1.54, 1.807) is 9.80 Å². The van der Waals surface area contributed by atoms with E-state index in [0.717, 1.165) is 15.6 Å². The summed E-state index contributed by atoms with van der Waals surface area (Å²) in [6, 6.07) is 22.7. The molecule has 0 radical (unpaired) electrons. The van der Waals surface area contributed by atoms with Crippen LogP contribution in [0.2, 0.25) is 0 Å². The monoisotopic (exact) mass is 633 g/mol. The van der Waals surface area contributed by atoms with Gasteiger partial charge in [-0.15, -0.1) is 0 Å². The van der Waals surface area contributed by atoms with Crippen molar-refractivity contribution >= 4 is 39.3 Å². The van der Waals surface area contributed by atoms with E-state index in [-0.39, 0.29) is 25.0 Å². The highest BCUT2D eigenvalue weighted by molar-refractivity contribution is 9.10. The van der Waals surface area contributed by atoms with Crippen molar-refractivity contribution in [3.63, 3.8) is 0 Å². The standard InChI is InChI=1S/C32H32BrN3O6/c33-26-8-3-2-7-25(26)29-32(34-30(42-29)22-10-12-24(13-11-22)41-17-5-16-37)20-23-6-1-4-9-27(23)36(31(32)39)21-28(38)35-14-18-40-19-15-35/h1-4,6-13,29,37H,5,14-21H2/t29-,32-/m1/s1. The van der Waals surface area contributed by atoms with Crippen molar-refractivity contribution in [1.82, 2.24) is 4.90 Å². The first-order valence-corrected chi connectivity index (χ1v) is 14.9. The molecule has 6 rings (SSSR count). The molecular formula is C32H32BrN3O6. The van der Waals surface area contributed by atoms with Gasteiger partial charge in [0.2, 0.25) is 11.8 Å². The highest BCUT2D eigenvalue weighted by Gasteiger charge is 2.58. The molecule has 0 unspecified atom stereocenters. The minimum Gasteiger partial charge on any atom is -0.494 e. The quantitative estimate of drug-likeness (QED) is 0.378. The van der Waals surface area contributed by atoms with Gasteiger partial charge in [0.05, 0.1) is 19.8 Å². The summed E-state index contributed by atoms with van der Waals surface area (Å²) < 4.78 is 18.5. The average molecular weight is 635 g/mol. The van der Waals surface area contributed by atoms with Crippen molar-refractivity contribution in [2.75, 3.05) is 51.0 Å². The summed E-state index contributed by atoms with van der Waals surface area (Å²) >= 11 is 3.67. The van der Waals surface area contributed by atoms with Crippen molar-refractivity contribution in [2.45, 2.75) is 24.5 Å². The molecular weight excluding hydrogens is 602 g/mol. The second-order valence-corrected chi connectivity index (χ2v) is 11.4. The van der Waals surface area contributed by atoms with Crippen LogP contribution in [-0.4, -0.2) is 79.3 Å². The molecule has 1 fully saturated rings. The van der Waals surface area contributed by atoms with E-state index in [4.69, 9.17) is 24.3 Å². The van der Waals surface area contributed by atoms with Gasteiger partial charge in [-0.25, -0.2) is 4.99 Å². The molecule has 3 aromatic carbocycles. The van der Waals surface area contributed by atoms with Crippen LogP contribution in [0.15, 0.2) is 82.3 Å². The summed E-state index contributed by atoms with van der Waals surface area (Å²) in [6.45, 7) is 2.34. The molecule has 3 heterocycles. The molecule has 3 aliphatic heterocycles. The van der Waals surface area contributed by atoms with Crippen LogP contribution < -0.4 is 9.64 Å². The molecule has 1 N–H and O–H groups in total. The second kappa shape index (κ2) is 12.2. The largest absolute Gasteiger partial charge is 0.494 e. The molecule has 1 saturated heterocycles. The van der Waals surface area contributed by atoms with Crippen LogP contribution in [0.4, 0.5) is 5.69 Å². The van der Waals surface area contributed by atoms with Gasteiger partial charge in [-0.3, -0.25) is 9.59 Å². The van der Waals surface area contributed by atoms with E-state index in [9.17, 15) is 9.59 Å². The molecule has 3 aliphatic rings. The number of aliphatic hydroxyl groups excluding tert-OH is 1. The summed E-state index contributed by atoms with van der Waals surface area (Å²) in [5.41, 5.74) is 1.82. The zero-order chi connectivity index (χ0) is 29.1. The van der Waals surface area contributed by atoms with E-state index >= 15 is 0 Å². The van der Waals surface area contributed by atoms with Gasteiger partial charge < -0.3 is 29.1 Å². The molecule has 0 aliphatic carbocycles. The molecule has 1 spiro atoms. The Hall–Kier alpha value is -3.73. The van der Waals surface area contributed by atoms with E-state index in [1.807, 2.05) is 72.8 Å². The summed E-state index contributed by atoms with van der Waals surface area (Å²) in [4.78, 5) is 36.5. The predicted molar refractivity (Wildman–Crippen MR) is 161 cm³/mol. The van der Waals surface area contributed by atoms with Crippen LogP contribution in [0, 0.1) is 0 Å². The van der Waals surface area contributed by atoms with Crippen LogP contribution in [0.3, 0.4) is 0 Å². The van der Waals surface area contributed by atoms with Gasteiger partial charge >= 0.3 is 0 Å². The lowest BCUT2D eigenvalue weighted by Gasteiger charge is -2.41. The molecule has 218 valence electrons. The number of nitrogens with zero attached hydrogens (tertiary/aromatic N) is 3. The third-order valence-electron chi connectivity index (χ3n) is 7.84. The Balaban J connectivity index is 1.40. The number of morpholine rings is 1. The molecule has 10 heteroatoms. The van der Waals surface area contributed by atoms with Crippen LogP contribution in [0.25, 0.3) is 0 Å². The molecule has 0 saturated carbocycles. The lowest BCUT2D eigenvalue weighted by Crippen LogP contribution is -2.58. The molecule has 0 bridgehead atoms. The van der Waals surface area contributed by atoms with Crippen molar-refractivity contribution < 1.29 is 28.9 Å². The molecule has 9 nitrogen and oxygen atoms in total. The number of anilines is 1. The van der Waals surface area contributed by atoms with Gasteiger partial charge in [-0.05, 0) is 42.0 Å². The number of halogens is 1. The predicted octanol–water partition coefficient (Wildman–Crippen LogP) is 3.92. The molecule has 42 heavy (non-hydrogen) atoms. The fourth-order valence-electron chi connectivity index (χ4n) is 5.69. The fourth-order valence-corrected chi connectivity index (χ4v) is 6.19. The van der Waals surface area contributed by atoms with Gasteiger partial charge in [0.25, 0.3) is 5.91 Å². The van der Waals surface area contributed by atoms with E-state index in [1.165, 1.54) is 0 Å². The van der Waals surface area contributed by atoms with Gasteiger partial charge in [0, 0.05) is 53.8 Å². The molecule has 0 aromatic heterocycles. The highest BCUT2D eigenvalue weighted by Crippen LogP contribution is 2.49. The number of carbonyl (C=O) groups is 2. The molecule has 2 atom stereocenters. The summed E-state index contributed by atoms with van der Waals surface area (Å²) in [5.74, 6) is 0.613. The minimum absolute atomic E-state index is 0.0630. The zero-order valence-electron chi connectivity index (χ0n) is 23.1. The zero-order valence-corrected chi connectivity index (χ0v) is 24.7.